The van der Waals surface area contributed by atoms with E-state index < -0.39 is 5.60 Å². The Hall–Kier alpha value is -1.25. The van der Waals surface area contributed by atoms with E-state index in [-0.39, 0.29) is 12.1 Å². The summed E-state index contributed by atoms with van der Waals surface area (Å²) in [6.07, 6.45) is 3.16. The molecule has 128 valence electrons. The van der Waals surface area contributed by atoms with Gasteiger partial charge in [-0.15, -0.1) is 0 Å². The van der Waals surface area contributed by atoms with Crippen molar-refractivity contribution in [1.82, 2.24) is 10.3 Å². The van der Waals surface area contributed by atoms with Gasteiger partial charge in [0.25, 0.3) is 0 Å². The van der Waals surface area contributed by atoms with Crippen LogP contribution in [0.4, 0.5) is 10.6 Å². The van der Waals surface area contributed by atoms with Crippen LogP contribution in [0, 0.1) is 3.57 Å². The first-order chi connectivity index (χ1) is 10.8. The van der Waals surface area contributed by atoms with Gasteiger partial charge in [-0.1, -0.05) is 0 Å². The van der Waals surface area contributed by atoms with Gasteiger partial charge < -0.3 is 19.7 Å². The number of nitrogens with zero attached hydrogens (tertiary/aromatic N) is 2. The fourth-order valence-electron chi connectivity index (χ4n) is 2.54. The second-order valence-corrected chi connectivity index (χ2v) is 7.72. The zero-order valence-electron chi connectivity index (χ0n) is 14.1. The third-order valence-corrected chi connectivity index (χ3v) is 4.41. The molecule has 1 fully saturated rings. The Balaban J connectivity index is 1.92. The van der Waals surface area contributed by atoms with Gasteiger partial charge in [-0.2, -0.15) is 0 Å². The highest BCUT2D eigenvalue weighted by Crippen LogP contribution is 2.32. The molecular weight excluding hydrogens is 409 g/mol. The van der Waals surface area contributed by atoms with Gasteiger partial charge in [-0.25, -0.2) is 9.78 Å². The normalized spacial score (nSPS) is 16.1. The van der Waals surface area contributed by atoms with Crippen molar-refractivity contribution in [3.63, 3.8) is 0 Å². The zero-order chi connectivity index (χ0) is 17.0. The van der Waals surface area contributed by atoms with Crippen molar-refractivity contribution >= 4 is 34.5 Å². The van der Waals surface area contributed by atoms with E-state index in [1.165, 1.54) is 0 Å². The van der Waals surface area contributed by atoms with Gasteiger partial charge in [0.1, 0.15) is 5.60 Å². The predicted octanol–water partition coefficient (Wildman–Crippen LogP) is 3.19. The second-order valence-electron chi connectivity index (χ2n) is 6.56. The minimum Gasteiger partial charge on any atom is -0.492 e. The number of aromatic nitrogens is 1. The Morgan fingerprint density at radius 2 is 2.04 bits per heavy atom. The number of alkyl carbamates (subject to hydrolysis) is 1. The molecule has 23 heavy (non-hydrogen) atoms. The summed E-state index contributed by atoms with van der Waals surface area (Å²) in [6, 6.07) is 2.06. The summed E-state index contributed by atoms with van der Waals surface area (Å²) in [5.41, 5.74) is -0.469. The molecule has 1 aliphatic rings. The number of rotatable bonds is 3. The number of methoxy groups -OCH3 is 1. The molecule has 2 rings (SSSR count). The van der Waals surface area contributed by atoms with Gasteiger partial charge in [0.2, 0.25) is 0 Å². The first-order valence-corrected chi connectivity index (χ1v) is 8.81. The number of anilines is 1. The number of nitrogens with one attached hydrogen (secondary N) is 1. The summed E-state index contributed by atoms with van der Waals surface area (Å²) in [5.74, 6) is 1.68. The van der Waals surface area contributed by atoms with E-state index >= 15 is 0 Å². The number of hydrogen-bond acceptors (Lipinski definition) is 5. The number of hydrogen-bond donors (Lipinski definition) is 1. The van der Waals surface area contributed by atoms with Crippen LogP contribution in [0.2, 0.25) is 0 Å². The van der Waals surface area contributed by atoms with Crippen molar-refractivity contribution in [2.45, 2.75) is 45.3 Å². The molecule has 0 spiro atoms. The summed E-state index contributed by atoms with van der Waals surface area (Å²) in [6.45, 7) is 7.24. The largest absolute Gasteiger partial charge is 0.492 e. The molecule has 0 aliphatic carbocycles. The lowest BCUT2D eigenvalue weighted by Crippen LogP contribution is -2.46. The van der Waals surface area contributed by atoms with Gasteiger partial charge in [0.05, 0.1) is 10.7 Å². The molecule has 1 saturated heterocycles. The maximum atomic E-state index is 11.8. The van der Waals surface area contributed by atoms with Crippen LogP contribution >= 0.6 is 22.6 Å². The highest BCUT2D eigenvalue weighted by Gasteiger charge is 2.25. The summed E-state index contributed by atoms with van der Waals surface area (Å²) in [4.78, 5) is 18.5. The summed E-state index contributed by atoms with van der Waals surface area (Å²) >= 11 is 2.25. The SMILES string of the molecule is COc1c(I)ccnc1N1CCC(NC(=O)OC(C)(C)C)CC1. The lowest BCUT2D eigenvalue weighted by Gasteiger charge is -2.34. The Bertz CT molecular complexity index is 552. The van der Waals surface area contributed by atoms with Crippen LogP contribution in [0.1, 0.15) is 33.6 Å². The van der Waals surface area contributed by atoms with Crippen molar-refractivity contribution < 1.29 is 14.3 Å². The third kappa shape index (κ3) is 5.12. The summed E-state index contributed by atoms with van der Waals surface area (Å²) in [7, 11) is 1.67. The zero-order valence-corrected chi connectivity index (χ0v) is 16.2. The van der Waals surface area contributed by atoms with E-state index in [4.69, 9.17) is 9.47 Å². The van der Waals surface area contributed by atoms with Crippen LogP contribution in [0.25, 0.3) is 0 Å². The molecule has 1 aromatic heterocycles. The van der Waals surface area contributed by atoms with E-state index in [1.807, 2.05) is 26.8 Å². The molecule has 7 heteroatoms. The predicted molar refractivity (Wildman–Crippen MR) is 98.1 cm³/mol. The monoisotopic (exact) mass is 433 g/mol. The average Bonchev–Trinajstić information content (AvgIpc) is 2.45. The molecule has 0 bridgehead atoms. The molecule has 0 radical (unpaired) electrons. The molecule has 1 N–H and O–H groups in total. The van der Waals surface area contributed by atoms with Crippen molar-refractivity contribution in [2.24, 2.45) is 0 Å². The highest BCUT2D eigenvalue weighted by molar-refractivity contribution is 14.1. The van der Waals surface area contributed by atoms with Gasteiger partial charge in [-0.3, -0.25) is 0 Å². The van der Waals surface area contributed by atoms with E-state index in [0.717, 1.165) is 41.1 Å². The second kappa shape index (κ2) is 7.55. The quantitative estimate of drug-likeness (QED) is 0.742. The number of pyridine rings is 1. The molecule has 0 saturated carbocycles. The number of carbonyl (C=O) groups is 1. The van der Waals surface area contributed by atoms with Gasteiger partial charge >= 0.3 is 6.09 Å². The number of halogens is 1. The Labute approximate surface area is 151 Å². The van der Waals surface area contributed by atoms with Crippen molar-refractivity contribution in [3.05, 3.63) is 15.8 Å². The fraction of sp³-hybridized carbons (Fsp3) is 0.625. The average molecular weight is 433 g/mol. The van der Waals surface area contributed by atoms with Crippen LogP contribution < -0.4 is 15.0 Å². The molecule has 0 aromatic carbocycles. The Morgan fingerprint density at radius 3 is 2.61 bits per heavy atom. The van der Waals surface area contributed by atoms with Crippen molar-refractivity contribution in [2.75, 3.05) is 25.1 Å². The maximum absolute atomic E-state index is 11.8. The molecule has 0 unspecified atom stereocenters. The summed E-state index contributed by atoms with van der Waals surface area (Å²) < 4.78 is 11.8. The first kappa shape index (κ1) is 18.1. The van der Waals surface area contributed by atoms with Gasteiger partial charge in [-0.05, 0) is 62.3 Å². The molecular formula is C16H24IN3O3. The molecule has 1 amide bonds. The van der Waals surface area contributed by atoms with Crippen LogP contribution in [0.3, 0.4) is 0 Å². The Kier molecular flexibility index (Phi) is 5.94. The molecule has 6 nitrogen and oxygen atoms in total. The minimum atomic E-state index is -0.469. The number of amides is 1. The highest BCUT2D eigenvalue weighted by atomic mass is 127. The lowest BCUT2D eigenvalue weighted by molar-refractivity contribution is 0.0497. The van der Waals surface area contributed by atoms with E-state index in [9.17, 15) is 4.79 Å². The third-order valence-electron chi connectivity index (χ3n) is 3.56. The summed E-state index contributed by atoms with van der Waals surface area (Å²) in [5, 5.41) is 2.95. The molecule has 1 aliphatic heterocycles. The maximum Gasteiger partial charge on any atom is 0.407 e. The number of piperidine rings is 1. The van der Waals surface area contributed by atoms with E-state index in [0.29, 0.717) is 0 Å². The topological polar surface area (TPSA) is 63.7 Å². The Morgan fingerprint density at radius 1 is 1.39 bits per heavy atom. The van der Waals surface area contributed by atoms with E-state index in [1.54, 1.807) is 13.3 Å². The number of ether oxygens (including phenoxy) is 2. The van der Waals surface area contributed by atoms with E-state index in [2.05, 4.69) is 37.8 Å². The van der Waals surface area contributed by atoms with Crippen molar-refractivity contribution in [3.8, 4) is 5.75 Å². The number of carbonyl (C=O) groups excluding carboxylic acids is 1. The lowest BCUT2D eigenvalue weighted by atomic mass is 10.1. The molecule has 0 atom stereocenters. The van der Waals surface area contributed by atoms with Crippen LogP contribution in [-0.2, 0) is 4.74 Å². The van der Waals surface area contributed by atoms with Crippen LogP contribution in [0.5, 0.6) is 5.75 Å². The smallest absolute Gasteiger partial charge is 0.407 e. The minimum absolute atomic E-state index is 0.134. The van der Waals surface area contributed by atoms with Crippen molar-refractivity contribution in [1.29, 1.82) is 0 Å². The van der Waals surface area contributed by atoms with Crippen LogP contribution in [-0.4, -0.2) is 42.9 Å². The standard InChI is InChI=1S/C16H24IN3O3/c1-16(2,3)23-15(21)19-11-6-9-20(10-7-11)14-13(22-4)12(17)5-8-18-14/h5,8,11H,6-7,9-10H2,1-4H3,(H,19,21). The molecule has 1 aromatic rings. The van der Waals surface area contributed by atoms with Crippen LogP contribution in [0.15, 0.2) is 12.3 Å². The fourth-order valence-corrected chi connectivity index (χ4v) is 3.16. The molecule has 2 heterocycles. The van der Waals surface area contributed by atoms with Gasteiger partial charge in [0.15, 0.2) is 11.6 Å². The van der Waals surface area contributed by atoms with Gasteiger partial charge in [0, 0.05) is 25.3 Å². The first-order valence-electron chi connectivity index (χ1n) is 7.73.